The number of aryl methyl sites for hydroxylation is 2. The molecular weight excluding hydrogens is 804 g/mol. The van der Waals surface area contributed by atoms with Gasteiger partial charge in [0.15, 0.2) is 0 Å². The molecule has 1 unspecified atom stereocenters. The van der Waals surface area contributed by atoms with Gasteiger partial charge in [0.2, 0.25) is 23.6 Å². The first-order valence-electron chi connectivity index (χ1n) is 20.9. The van der Waals surface area contributed by atoms with Gasteiger partial charge in [0, 0.05) is 25.8 Å². The molecule has 16 heteroatoms. The summed E-state index contributed by atoms with van der Waals surface area (Å²) in [6.45, 7) is 14.5. The zero-order valence-corrected chi connectivity index (χ0v) is 37.5. The van der Waals surface area contributed by atoms with E-state index in [4.69, 9.17) is 15.2 Å². The minimum absolute atomic E-state index is 0.000235. The molecule has 5 amide bonds. The van der Waals surface area contributed by atoms with E-state index in [-0.39, 0.29) is 56.7 Å². The molecule has 0 radical (unpaired) electrons. The average molecular weight is 867 g/mol. The van der Waals surface area contributed by atoms with E-state index in [9.17, 15) is 33.5 Å². The van der Waals surface area contributed by atoms with Gasteiger partial charge in [0.25, 0.3) is 0 Å². The second-order valence-corrected chi connectivity index (χ2v) is 18.7. The molecule has 1 saturated heterocycles. The van der Waals surface area contributed by atoms with E-state index >= 15 is 0 Å². The lowest BCUT2D eigenvalue weighted by Gasteiger charge is -2.35. The normalized spacial score (nSPS) is 16.9. The second-order valence-electron chi connectivity index (χ2n) is 17.9. The van der Waals surface area contributed by atoms with Crippen molar-refractivity contribution in [2.75, 3.05) is 13.2 Å². The summed E-state index contributed by atoms with van der Waals surface area (Å²) in [5, 5.41) is 19.2. The number of aliphatic hydroxyl groups excluding tert-OH is 1. The molecule has 0 aliphatic carbocycles. The van der Waals surface area contributed by atoms with Crippen LogP contribution in [0.5, 0.6) is 5.75 Å². The molecule has 3 aromatic rings. The second kappa shape index (κ2) is 21.6. The van der Waals surface area contributed by atoms with Crippen LogP contribution in [-0.2, 0) is 30.3 Å². The van der Waals surface area contributed by atoms with E-state index < -0.39 is 59.0 Å². The fourth-order valence-corrected chi connectivity index (χ4v) is 7.86. The highest BCUT2D eigenvalue weighted by Gasteiger charge is 2.44. The summed E-state index contributed by atoms with van der Waals surface area (Å²) in [5.74, 6) is -1.69. The summed E-state index contributed by atoms with van der Waals surface area (Å²) in [5.41, 5.74) is 9.00. The first-order chi connectivity index (χ1) is 28.6. The highest BCUT2D eigenvalue weighted by atomic mass is 32.1. The van der Waals surface area contributed by atoms with Gasteiger partial charge in [-0.3, -0.25) is 19.2 Å². The quantitative estimate of drug-likeness (QED) is 0.0862. The van der Waals surface area contributed by atoms with E-state index in [1.54, 1.807) is 43.7 Å². The lowest BCUT2D eigenvalue weighted by atomic mass is 9.85. The van der Waals surface area contributed by atoms with Crippen LogP contribution in [0.2, 0.25) is 0 Å². The number of benzene rings is 2. The topological polar surface area (TPSA) is 202 Å². The Balaban J connectivity index is 1.27. The van der Waals surface area contributed by atoms with Crippen molar-refractivity contribution in [1.29, 1.82) is 0 Å². The minimum atomic E-state index is -0.952. The van der Waals surface area contributed by atoms with Crippen LogP contribution >= 0.6 is 11.3 Å². The number of rotatable bonds is 19. The van der Waals surface area contributed by atoms with Crippen molar-refractivity contribution in [2.45, 2.75) is 143 Å². The standard InChI is InChI=1S/C45H63FN6O8S/c1-27(29-14-16-30(17-15-29)39-28(2)48-26-61-39)49-41(56)36-23-33(53)24-52(36)42(57)40(44(3,4)5)51-38(55)13-11-9-10-12-31-22-34(19-20-35(31)46)59-25-32(18-21-37(47)54)50-43(58)60-45(6,7)8/h14-17,19-20,22,26-27,32-33,36,40,53H,9-13,18,21,23-25H2,1-8H3,(H2,47,54)(H,49,56)(H,50,58)(H,51,55)/t27-,32-,33?,36-,40+/m0/s1. The number of amides is 5. The fourth-order valence-electron chi connectivity index (χ4n) is 7.04. The molecule has 1 fully saturated rings. The van der Waals surface area contributed by atoms with Crippen molar-refractivity contribution in [3.8, 4) is 16.2 Å². The largest absolute Gasteiger partial charge is 0.491 e. The molecule has 61 heavy (non-hydrogen) atoms. The van der Waals surface area contributed by atoms with Gasteiger partial charge in [-0.1, -0.05) is 51.5 Å². The third-order valence-electron chi connectivity index (χ3n) is 10.3. The van der Waals surface area contributed by atoms with E-state index in [2.05, 4.69) is 20.9 Å². The predicted octanol–water partition coefficient (Wildman–Crippen LogP) is 6.27. The summed E-state index contributed by atoms with van der Waals surface area (Å²) >= 11 is 1.56. The number of hydrogen-bond donors (Lipinski definition) is 5. The average Bonchev–Trinajstić information content (AvgIpc) is 3.79. The van der Waals surface area contributed by atoms with Crippen molar-refractivity contribution in [1.82, 2.24) is 25.8 Å². The number of aromatic nitrogens is 1. The molecule has 0 spiro atoms. The fraction of sp³-hybridized carbons (Fsp3) is 0.556. The van der Waals surface area contributed by atoms with Crippen LogP contribution in [0, 0.1) is 18.2 Å². The lowest BCUT2D eigenvalue weighted by Crippen LogP contribution is -2.57. The number of aliphatic hydroxyl groups is 1. The molecule has 2 aromatic carbocycles. The number of carbonyl (C=O) groups is 5. The Labute approximate surface area is 362 Å². The van der Waals surface area contributed by atoms with Gasteiger partial charge < -0.3 is 41.2 Å². The van der Waals surface area contributed by atoms with Crippen LogP contribution in [-0.4, -0.2) is 87.7 Å². The van der Waals surface area contributed by atoms with Crippen molar-refractivity contribution in [3.63, 3.8) is 0 Å². The molecule has 1 aliphatic rings. The number of primary amides is 1. The Morgan fingerprint density at radius 1 is 0.984 bits per heavy atom. The first kappa shape index (κ1) is 48.6. The van der Waals surface area contributed by atoms with E-state index in [1.807, 2.05) is 58.9 Å². The summed E-state index contributed by atoms with van der Waals surface area (Å²) in [6, 6.07) is 9.46. The van der Waals surface area contributed by atoms with Gasteiger partial charge in [-0.2, -0.15) is 0 Å². The number of nitrogens with two attached hydrogens (primary N) is 1. The van der Waals surface area contributed by atoms with E-state index in [0.29, 0.717) is 37.0 Å². The van der Waals surface area contributed by atoms with Gasteiger partial charge in [-0.05, 0) is 101 Å². The molecule has 1 aliphatic heterocycles. The van der Waals surface area contributed by atoms with E-state index in [1.165, 1.54) is 17.0 Å². The number of nitrogens with zero attached hydrogens (tertiary/aromatic N) is 2. The third-order valence-corrected chi connectivity index (χ3v) is 11.3. The molecule has 14 nitrogen and oxygen atoms in total. The lowest BCUT2D eigenvalue weighted by molar-refractivity contribution is -0.144. The minimum Gasteiger partial charge on any atom is -0.491 e. The Hall–Kier alpha value is -5.09. The van der Waals surface area contributed by atoms with Gasteiger partial charge in [0.1, 0.15) is 35.9 Å². The van der Waals surface area contributed by atoms with Crippen molar-refractivity contribution >= 4 is 41.1 Å². The number of alkyl carbamates (subject to hydrolysis) is 1. The molecule has 4 rings (SSSR count). The number of nitrogens with one attached hydrogen (secondary N) is 3. The van der Waals surface area contributed by atoms with Gasteiger partial charge in [0.05, 0.1) is 34.3 Å². The zero-order valence-electron chi connectivity index (χ0n) is 36.6. The van der Waals surface area contributed by atoms with Crippen LogP contribution in [0.3, 0.4) is 0 Å². The van der Waals surface area contributed by atoms with Crippen molar-refractivity contribution in [2.24, 2.45) is 11.1 Å². The third kappa shape index (κ3) is 15.1. The Bertz CT molecular complexity index is 1980. The first-order valence-corrected chi connectivity index (χ1v) is 21.8. The van der Waals surface area contributed by atoms with Crippen molar-refractivity contribution < 1.29 is 42.9 Å². The van der Waals surface area contributed by atoms with Gasteiger partial charge in [-0.25, -0.2) is 14.2 Å². The maximum atomic E-state index is 14.8. The Morgan fingerprint density at radius 3 is 2.31 bits per heavy atom. The Kier molecular flexibility index (Phi) is 17.2. The zero-order chi connectivity index (χ0) is 45.1. The van der Waals surface area contributed by atoms with Crippen LogP contribution in [0.4, 0.5) is 9.18 Å². The molecule has 5 atom stereocenters. The molecule has 6 N–H and O–H groups in total. The number of ether oxygens (including phenoxy) is 2. The number of unbranched alkanes of at least 4 members (excludes halogenated alkanes) is 2. The number of thiazole rings is 1. The smallest absolute Gasteiger partial charge is 0.407 e. The van der Waals surface area contributed by atoms with Crippen LogP contribution < -0.4 is 26.4 Å². The summed E-state index contributed by atoms with van der Waals surface area (Å²) in [4.78, 5) is 71.5. The maximum Gasteiger partial charge on any atom is 0.407 e. The molecular formula is C45H63FN6O8S. The number of carbonyl (C=O) groups excluding carboxylic acids is 5. The van der Waals surface area contributed by atoms with Crippen LogP contribution in [0.25, 0.3) is 10.4 Å². The highest BCUT2D eigenvalue weighted by Crippen LogP contribution is 2.30. The van der Waals surface area contributed by atoms with Crippen LogP contribution in [0.15, 0.2) is 48.0 Å². The molecule has 334 valence electrons. The summed E-state index contributed by atoms with van der Waals surface area (Å²) < 4.78 is 26.0. The molecule has 0 saturated carbocycles. The number of β-amino-alcohol motifs (C(OH)–C–C–N with tert-alkyl or cyclic N) is 1. The summed E-state index contributed by atoms with van der Waals surface area (Å²) in [7, 11) is 0. The monoisotopic (exact) mass is 866 g/mol. The van der Waals surface area contributed by atoms with Gasteiger partial charge >= 0.3 is 6.09 Å². The Morgan fingerprint density at radius 2 is 1.69 bits per heavy atom. The predicted molar refractivity (Wildman–Crippen MR) is 232 cm³/mol. The molecule has 0 bridgehead atoms. The van der Waals surface area contributed by atoms with E-state index in [0.717, 1.165) is 21.7 Å². The number of hydrogen-bond acceptors (Lipinski definition) is 10. The van der Waals surface area contributed by atoms with Crippen LogP contribution in [0.1, 0.15) is 116 Å². The maximum absolute atomic E-state index is 14.8. The number of halogens is 1. The van der Waals surface area contributed by atoms with Crippen molar-refractivity contribution in [3.05, 3.63) is 70.6 Å². The SMILES string of the molecule is Cc1ncsc1-c1ccc([C@H](C)NC(=O)[C@@H]2CC(O)CN2C(=O)[C@@H](NC(=O)CCCCCc2cc(OC[C@H](CCC(N)=O)NC(=O)OC(C)(C)C)ccc2F)C(C)(C)C)cc1. The highest BCUT2D eigenvalue weighted by molar-refractivity contribution is 7.13. The molecule has 2 heterocycles. The summed E-state index contributed by atoms with van der Waals surface area (Å²) in [6.07, 6.45) is 0.964. The number of likely N-dealkylation sites (tertiary alicyclic amines) is 1. The van der Waals surface area contributed by atoms with Gasteiger partial charge in [-0.15, -0.1) is 11.3 Å². The molecule has 1 aromatic heterocycles.